The second kappa shape index (κ2) is 5.54. The van der Waals surface area contributed by atoms with E-state index < -0.39 is 16.3 Å². The number of halogens is 2. The molecule has 1 aliphatic heterocycles. The van der Waals surface area contributed by atoms with Gasteiger partial charge in [0.05, 0.1) is 11.1 Å². The molecule has 120 valence electrons. The highest BCUT2D eigenvalue weighted by molar-refractivity contribution is 7.95. The molecule has 5 nitrogen and oxygen atoms in total. The number of anilines is 1. The predicted octanol–water partition coefficient (Wildman–Crippen LogP) is 3.42. The Kier molecular flexibility index (Phi) is 3.69. The molecule has 0 radical (unpaired) electrons. The lowest BCUT2D eigenvalue weighted by Gasteiger charge is -2.05. The molecule has 0 saturated heterocycles. The summed E-state index contributed by atoms with van der Waals surface area (Å²) >= 11 is 0. The van der Waals surface area contributed by atoms with Gasteiger partial charge in [-0.15, -0.1) is 8.78 Å². The summed E-state index contributed by atoms with van der Waals surface area (Å²) in [7, 11) is -3.79. The van der Waals surface area contributed by atoms with Gasteiger partial charge < -0.3 is 9.47 Å². The van der Waals surface area contributed by atoms with Crippen LogP contribution in [-0.2, 0) is 10.0 Å². The maximum absolute atomic E-state index is 12.9. The smallest absolute Gasteiger partial charge is 0.395 e. The Labute approximate surface area is 131 Å². The van der Waals surface area contributed by atoms with Crippen LogP contribution in [0.15, 0.2) is 53.9 Å². The summed E-state index contributed by atoms with van der Waals surface area (Å²) in [5.41, 5.74) is 0.797. The molecule has 1 heterocycles. The number of fused-ring (bicyclic) bond motifs is 1. The van der Waals surface area contributed by atoms with Crippen molar-refractivity contribution >= 4 is 21.8 Å². The van der Waals surface area contributed by atoms with E-state index in [9.17, 15) is 17.2 Å². The van der Waals surface area contributed by atoms with E-state index in [0.29, 0.717) is 5.56 Å². The Morgan fingerprint density at radius 1 is 1.00 bits per heavy atom. The van der Waals surface area contributed by atoms with Crippen molar-refractivity contribution in [1.82, 2.24) is 0 Å². The fourth-order valence-corrected chi connectivity index (χ4v) is 2.80. The van der Waals surface area contributed by atoms with Gasteiger partial charge in [0.15, 0.2) is 11.5 Å². The molecule has 0 fully saturated rings. The first-order valence-electron chi connectivity index (χ1n) is 6.49. The Morgan fingerprint density at radius 3 is 2.43 bits per heavy atom. The summed E-state index contributed by atoms with van der Waals surface area (Å²) in [6.45, 7) is 0. The summed E-state index contributed by atoms with van der Waals surface area (Å²) < 4.78 is 60.6. The number of ether oxygens (including phenoxy) is 2. The van der Waals surface area contributed by atoms with Crippen LogP contribution >= 0.6 is 0 Å². The lowest BCUT2D eigenvalue weighted by molar-refractivity contribution is -0.286. The highest BCUT2D eigenvalue weighted by Crippen LogP contribution is 2.42. The molecule has 0 amide bonds. The van der Waals surface area contributed by atoms with Crippen LogP contribution in [0, 0.1) is 0 Å². The first-order chi connectivity index (χ1) is 10.8. The van der Waals surface area contributed by atoms with Gasteiger partial charge in [-0.2, -0.15) is 0 Å². The van der Waals surface area contributed by atoms with Gasteiger partial charge in [0.25, 0.3) is 10.0 Å². The van der Waals surface area contributed by atoms with E-state index in [1.807, 2.05) is 6.07 Å². The van der Waals surface area contributed by atoms with Crippen LogP contribution in [0.2, 0.25) is 0 Å². The zero-order chi connectivity index (χ0) is 16.5. The second-order valence-electron chi connectivity index (χ2n) is 4.69. The molecule has 0 aliphatic carbocycles. The first-order valence-corrected chi connectivity index (χ1v) is 8.03. The van der Waals surface area contributed by atoms with Gasteiger partial charge in [-0.3, -0.25) is 4.72 Å². The normalized spacial score (nSPS) is 15.7. The number of sulfonamides is 1. The molecule has 0 spiro atoms. The molecular formula is C15H11F2NO4S. The zero-order valence-electron chi connectivity index (χ0n) is 11.6. The van der Waals surface area contributed by atoms with Gasteiger partial charge in [-0.1, -0.05) is 30.3 Å². The predicted molar refractivity (Wildman–Crippen MR) is 80.7 cm³/mol. The van der Waals surface area contributed by atoms with E-state index in [2.05, 4.69) is 14.2 Å². The molecule has 0 aromatic heterocycles. The Bertz CT molecular complexity index is 851. The van der Waals surface area contributed by atoms with Crippen molar-refractivity contribution in [3.8, 4) is 11.5 Å². The largest absolute Gasteiger partial charge is 0.586 e. The van der Waals surface area contributed by atoms with E-state index in [1.54, 1.807) is 24.3 Å². The highest BCUT2D eigenvalue weighted by atomic mass is 32.2. The van der Waals surface area contributed by atoms with E-state index in [-0.39, 0.29) is 17.2 Å². The van der Waals surface area contributed by atoms with E-state index in [4.69, 9.17) is 0 Å². The van der Waals surface area contributed by atoms with E-state index in [0.717, 1.165) is 11.5 Å². The van der Waals surface area contributed by atoms with Gasteiger partial charge >= 0.3 is 6.29 Å². The molecule has 1 aliphatic rings. The van der Waals surface area contributed by atoms with Crippen molar-refractivity contribution in [2.45, 2.75) is 6.29 Å². The minimum atomic E-state index is -3.79. The standard InChI is InChI=1S/C15H11F2NO4S/c16-15(17)21-13-7-6-12(10-14(13)22-15)18-23(19,20)9-8-11-4-2-1-3-5-11/h1-10,18H. The molecule has 2 aromatic rings. The second-order valence-corrected chi connectivity index (χ2v) is 6.26. The van der Waals surface area contributed by atoms with Crippen molar-refractivity contribution in [2.75, 3.05) is 4.72 Å². The Hall–Kier alpha value is -2.61. The molecule has 0 unspecified atom stereocenters. The molecule has 0 saturated carbocycles. The third-order valence-electron chi connectivity index (χ3n) is 2.90. The van der Waals surface area contributed by atoms with Crippen LogP contribution in [0.3, 0.4) is 0 Å². The molecule has 8 heteroatoms. The van der Waals surface area contributed by atoms with Crippen LogP contribution < -0.4 is 14.2 Å². The number of benzene rings is 2. The van der Waals surface area contributed by atoms with Gasteiger partial charge in [-0.05, 0) is 23.8 Å². The Balaban J connectivity index is 1.76. The van der Waals surface area contributed by atoms with Crippen LogP contribution in [0.5, 0.6) is 11.5 Å². The molecule has 0 atom stereocenters. The maximum atomic E-state index is 12.9. The van der Waals surface area contributed by atoms with Crippen LogP contribution in [-0.4, -0.2) is 14.7 Å². The van der Waals surface area contributed by atoms with Crippen molar-refractivity contribution in [2.24, 2.45) is 0 Å². The minimum absolute atomic E-state index is 0.0859. The monoisotopic (exact) mass is 339 g/mol. The SMILES string of the molecule is O=S(=O)(C=Cc1ccccc1)Nc1ccc2c(c1)OC(F)(F)O2. The van der Waals surface area contributed by atoms with E-state index >= 15 is 0 Å². The first kappa shape index (κ1) is 15.3. The summed E-state index contributed by atoms with van der Waals surface area (Å²) in [6, 6.07) is 12.5. The van der Waals surface area contributed by atoms with Gasteiger partial charge in [-0.25, -0.2) is 8.42 Å². The van der Waals surface area contributed by atoms with Crippen LogP contribution in [0.1, 0.15) is 5.56 Å². The molecule has 0 bridgehead atoms. The number of nitrogens with one attached hydrogen (secondary N) is 1. The van der Waals surface area contributed by atoms with Crippen molar-refractivity contribution in [1.29, 1.82) is 0 Å². The maximum Gasteiger partial charge on any atom is 0.586 e. The molecule has 23 heavy (non-hydrogen) atoms. The Morgan fingerprint density at radius 2 is 1.70 bits per heavy atom. The molecular weight excluding hydrogens is 328 g/mol. The molecule has 3 rings (SSSR count). The summed E-state index contributed by atoms with van der Waals surface area (Å²) in [5, 5.41) is 0.988. The average molecular weight is 339 g/mol. The third kappa shape index (κ3) is 3.78. The molecule has 1 N–H and O–H groups in total. The van der Waals surface area contributed by atoms with Crippen molar-refractivity contribution < 1.29 is 26.7 Å². The number of hydrogen-bond acceptors (Lipinski definition) is 4. The van der Waals surface area contributed by atoms with Crippen LogP contribution in [0.25, 0.3) is 6.08 Å². The third-order valence-corrected chi connectivity index (χ3v) is 3.92. The van der Waals surface area contributed by atoms with Gasteiger partial charge in [0.1, 0.15) is 0 Å². The summed E-state index contributed by atoms with van der Waals surface area (Å²) in [6.07, 6.45) is -2.32. The van der Waals surface area contributed by atoms with Crippen molar-refractivity contribution in [3.63, 3.8) is 0 Å². The van der Waals surface area contributed by atoms with Crippen molar-refractivity contribution in [3.05, 3.63) is 59.5 Å². The molecule has 2 aromatic carbocycles. The fourth-order valence-electron chi connectivity index (χ4n) is 1.94. The number of hydrogen-bond donors (Lipinski definition) is 1. The highest BCUT2D eigenvalue weighted by Gasteiger charge is 2.43. The topological polar surface area (TPSA) is 64.6 Å². The lowest BCUT2D eigenvalue weighted by atomic mass is 10.2. The quantitative estimate of drug-likeness (QED) is 0.927. The minimum Gasteiger partial charge on any atom is -0.395 e. The number of rotatable bonds is 4. The number of alkyl halides is 2. The summed E-state index contributed by atoms with van der Waals surface area (Å²) in [5.74, 6) is -0.389. The van der Waals surface area contributed by atoms with Crippen LogP contribution in [0.4, 0.5) is 14.5 Å². The van der Waals surface area contributed by atoms with Gasteiger partial charge in [0.2, 0.25) is 0 Å². The van der Waals surface area contributed by atoms with Gasteiger partial charge in [0, 0.05) is 6.07 Å². The summed E-state index contributed by atoms with van der Waals surface area (Å²) in [4.78, 5) is 0. The zero-order valence-corrected chi connectivity index (χ0v) is 12.4. The van der Waals surface area contributed by atoms with E-state index in [1.165, 1.54) is 18.2 Å². The fraction of sp³-hybridized carbons (Fsp3) is 0.0667. The lowest BCUT2D eigenvalue weighted by Crippen LogP contribution is -2.25. The average Bonchev–Trinajstić information content (AvgIpc) is 2.79.